The molecule has 1 aromatic heterocycles. The second kappa shape index (κ2) is 4.85. The van der Waals surface area contributed by atoms with Crippen molar-refractivity contribution in [1.29, 1.82) is 0 Å². The van der Waals surface area contributed by atoms with Crippen molar-refractivity contribution in [3.8, 4) is 0 Å². The molecule has 1 N–H and O–H groups in total. The number of aromatic nitrogens is 1. The zero-order valence-corrected chi connectivity index (χ0v) is 11.8. The Bertz CT molecular complexity index is 667. The van der Waals surface area contributed by atoms with Crippen LogP contribution in [0, 0.1) is 0 Å². The average Bonchev–Trinajstić information content (AvgIpc) is 2.46. The predicted octanol–water partition coefficient (Wildman–Crippen LogP) is 2.76. The van der Waals surface area contributed by atoms with Crippen LogP contribution in [-0.4, -0.2) is 17.9 Å². The lowest BCUT2D eigenvalue weighted by atomic mass is 9.94. The van der Waals surface area contributed by atoms with E-state index in [9.17, 15) is 4.79 Å². The highest BCUT2D eigenvalue weighted by atomic mass is 32.1. The number of thiol groups is 1. The SMILES string of the molecule is CNC(=O)c1ccc2nc3c(c(S)c2c1)CCCC3. The molecule has 0 saturated carbocycles. The van der Waals surface area contributed by atoms with Gasteiger partial charge >= 0.3 is 0 Å². The number of nitrogens with one attached hydrogen (secondary N) is 1. The number of rotatable bonds is 1. The lowest BCUT2D eigenvalue weighted by Crippen LogP contribution is -2.17. The Labute approximate surface area is 117 Å². The molecule has 19 heavy (non-hydrogen) atoms. The van der Waals surface area contributed by atoms with Gasteiger partial charge in [0, 0.05) is 28.6 Å². The number of fused-ring (bicyclic) bond motifs is 2. The van der Waals surface area contributed by atoms with Gasteiger partial charge in [0.25, 0.3) is 5.91 Å². The summed E-state index contributed by atoms with van der Waals surface area (Å²) in [5.41, 5.74) is 4.02. The van der Waals surface area contributed by atoms with Gasteiger partial charge in [-0.2, -0.15) is 0 Å². The van der Waals surface area contributed by atoms with Crippen LogP contribution in [0.3, 0.4) is 0 Å². The molecule has 3 nitrogen and oxygen atoms in total. The van der Waals surface area contributed by atoms with E-state index >= 15 is 0 Å². The van der Waals surface area contributed by atoms with Gasteiger partial charge in [-0.25, -0.2) is 0 Å². The number of nitrogens with zero attached hydrogens (tertiary/aromatic N) is 1. The van der Waals surface area contributed by atoms with Crippen LogP contribution in [0.4, 0.5) is 0 Å². The maximum absolute atomic E-state index is 11.7. The molecule has 2 aromatic rings. The van der Waals surface area contributed by atoms with E-state index in [2.05, 4.69) is 17.9 Å². The molecule has 0 atom stereocenters. The van der Waals surface area contributed by atoms with E-state index in [-0.39, 0.29) is 5.91 Å². The van der Waals surface area contributed by atoms with E-state index in [1.807, 2.05) is 18.2 Å². The van der Waals surface area contributed by atoms with Crippen molar-refractivity contribution in [3.63, 3.8) is 0 Å². The first-order valence-electron chi connectivity index (χ1n) is 6.57. The van der Waals surface area contributed by atoms with Crippen molar-refractivity contribution in [2.24, 2.45) is 0 Å². The highest BCUT2D eigenvalue weighted by molar-refractivity contribution is 7.80. The normalized spacial score (nSPS) is 14.2. The van der Waals surface area contributed by atoms with Crippen molar-refractivity contribution in [1.82, 2.24) is 10.3 Å². The Hall–Kier alpha value is -1.55. The summed E-state index contributed by atoms with van der Waals surface area (Å²) in [7, 11) is 1.64. The molecule has 98 valence electrons. The van der Waals surface area contributed by atoms with E-state index in [1.165, 1.54) is 24.1 Å². The highest BCUT2D eigenvalue weighted by Gasteiger charge is 2.17. The molecule has 0 aliphatic heterocycles. The second-order valence-electron chi connectivity index (χ2n) is 4.90. The van der Waals surface area contributed by atoms with E-state index in [1.54, 1.807) is 7.05 Å². The van der Waals surface area contributed by atoms with Gasteiger partial charge in [-0.15, -0.1) is 12.6 Å². The van der Waals surface area contributed by atoms with Crippen LogP contribution in [0.1, 0.15) is 34.5 Å². The minimum Gasteiger partial charge on any atom is -0.355 e. The summed E-state index contributed by atoms with van der Waals surface area (Å²) in [6, 6.07) is 5.61. The molecule has 1 aliphatic rings. The molecule has 1 amide bonds. The van der Waals surface area contributed by atoms with Gasteiger partial charge in [-0.05, 0) is 49.4 Å². The summed E-state index contributed by atoms with van der Waals surface area (Å²) in [5.74, 6) is -0.0765. The molecule has 0 fully saturated rings. The standard InChI is InChI=1S/C15H16N2OS/c1-16-15(18)9-6-7-13-11(8-9)14(19)10-4-2-3-5-12(10)17-13/h6-8H,2-5H2,1H3,(H,16,18)(H,17,19). The third-order valence-electron chi connectivity index (χ3n) is 3.72. The van der Waals surface area contributed by atoms with Crippen LogP contribution in [0.15, 0.2) is 23.1 Å². The largest absolute Gasteiger partial charge is 0.355 e. The van der Waals surface area contributed by atoms with Gasteiger partial charge in [-0.1, -0.05) is 0 Å². The zero-order valence-electron chi connectivity index (χ0n) is 10.9. The fraction of sp³-hybridized carbons (Fsp3) is 0.333. The van der Waals surface area contributed by atoms with Crippen molar-refractivity contribution in [3.05, 3.63) is 35.0 Å². The quantitative estimate of drug-likeness (QED) is 0.784. The van der Waals surface area contributed by atoms with Crippen molar-refractivity contribution in [2.75, 3.05) is 7.05 Å². The smallest absolute Gasteiger partial charge is 0.251 e. The molecule has 1 aromatic carbocycles. The van der Waals surface area contributed by atoms with Crippen molar-refractivity contribution in [2.45, 2.75) is 30.6 Å². The summed E-state index contributed by atoms with van der Waals surface area (Å²) in [5, 5.41) is 3.62. The number of aryl methyl sites for hydroxylation is 1. The molecule has 0 unspecified atom stereocenters. The Kier molecular flexibility index (Phi) is 3.19. The monoisotopic (exact) mass is 272 g/mol. The van der Waals surface area contributed by atoms with Crippen LogP contribution in [0.25, 0.3) is 10.9 Å². The summed E-state index contributed by atoms with van der Waals surface area (Å²) in [6.45, 7) is 0. The molecule has 0 radical (unpaired) electrons. The Morgan fingerprint density at radius 1 is 1.32 bits per heavy atom. The minimum atomic E-state index is -0.0765. The van der Waals surface area contributed by atoms with E-state index in [0.717, 1.165) is 28.6 Å². The lowest BCUT2D eigenvalue weighted by molar-refractivity contribution is 0.0963. The number of carbonyl (C=O) groups is 1. The lowest BCUT2D eigenvalue weighted by Gasteiger charge is -2.18. The summed E-state index contributed by atoms with van der Waals surface area (Å²) >= 11 is 4.67. The Balaban J connectivity index is 2.22. The van der Waals surface area contributed by atoms with Gasteiger partial charge < -0.3 is 5.32 Å². The number of hydrogen-bond donors (Lipinski definition) is 2. The number of amides is 1. The van der Waals surface area contributed by atoms with Crippen LogP contribution < -0.4 is 5.32 Å². The highest BCUT2D eigenvalue weighted by Crippen LogP contribution is 2.32. The van der Waals surface area contributed by atoms with Crippen LogP contribution in [0.2, 0.25) is 0 Å². The average molecular weight is 272 g/mol. The first-order chi connectivity index (χ1) is 9.20. The topological polar surface area (TPSA) is 42.0 Å². The molecule has 3 rings (SSSR count). The third kappa shape index (κ3) is 2.10. The summed E-state index contributed by atoms with van der Waals surface area (Å²) in [6.07, 6.45) is 4.48. The number of benzene rings is 1. The van der Waals surface area contributed by atoms with Gasteiger partial charge in [0.2, 0.25) is 0 Å². The van der Waals surface area contributed by atoms with Gasteiger partial charge in [0.15, 0.2) is 0 Å². The second-order valence-corrected chi connectivity index (χ2v) is 5.35. The third-order valence-corrected chi connectivity index (χ3v) is 4.23. The molecule has 1 aliphatic carbocycles. The number of hydrogen-bond acceptors (Lipinski definition) is 3. The predicted molar refractivity (Wildman–Crippen MR) is 79.0 cm³/mol. The number of carbonyl (C=O) groups excluding carboxylic acids is 1. The number of pyridine rings is 1. The first kappa shape index (κ1) is 12.5. The Morgan fingerprint density at radius 2 is 2.11 bits per heavy atom. The zero-order chi connectivity index (χ0) is 13.4. The van der Waals surface area contributed by atoms with Crippen LogP contribution in [-0.2, 0) is 12.8 Å². The van der Waals surface area contributed by atoms with Crippen LogP contribution >= 0.6 is 12.6 Å². The maximum Gasteiger partial charge on any atom is 0.251 e. The molecular formula is C15H16N2OS. The summed E-state index contributed by atoms with van der Waals surface area (Å²) < 4.78 is 0. The van der Waals surface area contributed by atoms with Crippen LogP contribution in [0.5, 0.6) is 0 Å². The first-order valence-corrected chi connectivity index (χ1v) is 7.02. The minimum absolute atomic E-state index is 0.0765. The van der Waals surface area contributed by atoms with E-state index in [0.29, 0.717) is 5.56 Å². The van der Waals surface area contributed by atoms with Crippen molar-refractivity contribution >= 4 is 29.4 Å². The Morgan fingerprint density at radius 3 is 2.89 bits per heavy atom. The maximum atomic E-state index is 11.7. The molecule has 4 heteroatoms. The fourth-order valence-electron chi connectivity index (χ4n) is 2.68. The molecule has 0 spiro atoms. The van der Waals surface area contributed by atoms with E-state index < -0.39 is 0 Å². The fourth-order valence-corrected chi connectivity index (χ4v) is 3.10. The van der Waals surface area contributed by atoms with Gasteiger partial charge in [0.1, 0.15) is 0 Å². The van der Waals surface area contributed by atoms with Gasteiger partial charge in [-0.3, -0.25) is 9.78 Å². The molecule has 0 saturated heterocycles. The van der Waals surface area contributed by atoms with E-state index in [4.69, 9.17) is 4.98 Å². The molecule has 0 bridgehead atoms. The van der Waals surface area contributed by atoms with Crippen molar-refractivity contribution < 1.29 is 4.79 Å². The summed E-state index contributed by atoms with van der Waals surface area (Å²) in [4.78, 5) is 17.4. The molecular weight excluding hydrogens is 256 g/mol. The van der Waals surface area contributed by atoms with Gasteiger partial charge in [0.05, 0.1) is 5.52 Å². The molecule has 1 heterocycles.